The molecule has 0 saturated heterocycles. The molecule has 5 heteroatoms. The molecule has 2 aromatic carbocycles. The number of aromatic nitrogens is 1. The molecule has 1 amide bonds. The molecule has 0 radical (unpaired) electrons. The summed E-state index contributed by atoms with van der Waals surface area (Å²) in [6.45, 7) is 1.85. The van der Waals surface area contributed by atoms with Gasteiger partial charge in [-0.15, -0.1) is 0 Å². The second kappa shape index (κ2) is 5.93. The topological polar surface area (TPSA) is 68.7 Å². The Hall–Kier alpha value is -3.13. The molecule has 1 atom stereocenters. The molecule has 0 aliphatic carbocycles. The minimum Gasteiger partial charge on any atom is -0.350 e. The van der Waals surface area contributed by atoms with Crippen molar-refractivity contribution in [1.82, 2.24) is 10.3 Å². The van der Waals surface area contributed by atoms with Crippen LogP contribution in [0.3, 0.4) is 0 Å². The lowest BCUT2D eigenvalue weighted by molar-refractivity contribution is 0.0935. The number of hydrogen-bond acceptors (Lipinski definition) is 2. The molecule has 3 rings (SSSR count). The van der Waals surface area contributed by atoms with E-state index >= 15 is 0 Å². The number of nitrogens with one attached hydrogen (secondary N) is 2. The van der Waals surface area contributed by atoms with Crippen molar-refractivity contribution < 1.29 is 9.18 Å². The molecule has 0 fully saturated rings. The standard InChI is InChI=1S/C18H14FN3O/c1-11(13-7-5-12(10-20)6-8-13)21-18(23)17-9-14-15(19)3-2-4-16(14)22-17/h2-9,11,22H,1H3,(H,21,23). The minimum atomic E-state index is -0.363. The first-order valence-corrected chi connectivity index (χ1v) is 7.16. The summed E-state index contributed by atoms with van der Waals surface area (Å²) < 4.78 is 13.7. The Balaban J connectivity index is 1.79. The highest BCUT2D eigenvalue weighted by Gasteiger charge is 2.15. The Morgan fingerprint density at radius 2 is 2.00 bits per heavy atom. The van der Waals surface area contributed by atoms with Crippen molar-refractivity contribution in [3.05, 3.63) is 71.2 Å². The van der Waals surface area contributed by atoms with Gasteiger partial charge in [-0.1, -0.05) is 18.2 Å². The van der Waals surface area contributed by atoms with Gasteiger partial charge in [0, 0.05) is 10.9 Å². The first-order chi connectivity index (χ1) is 11.1. The summed E-state index contributed by atoms with van der Waals surface area (Å²) in [6.07, 6.45) is 0. The van der Waals surface area contributed by atoms with Crippen LogP contribution in [0.5, 0.6) is 0 Å². The summed E-state index contributed by atoms with van der Waals surface area (Å²) in [5, 5.41) is 12.0. The van der Waals surface area contributed by atoms with E-state index in [-0.39, 0.29) is 17.8 Å². The summed E-state index contributed by atoms with van der Waals surface area (Å²) >= 11 is 0. The fourth-order valence-electron chi connectivity index (χ4n) is 2.44. The number of amides is 1. The van der Waals surface area contributed by atoms with Gasteiger partial charge in [-0.05, 0) is 42.8 Å². The summed E-state index contributed by atoms with van der Waals surface area (Å²) in [5.74, 6) is -0.671. The van der Waals surface area contributed by atoms with Gasteiger partial charge in [0.2, 0.25) is 0 Å². The fourth-order valence-corrected chi connectivity index (χ4v) is 2.44. The fraction of sp³-hybridized carbons (Fsp3) is 0.111. The molecule has 1 unspecified atom stereocenters. The van der Waals surface area contributed by atoms with Crippen LogP contribution >= 0.6 is 0 Å². The summed E-state index contributed by atoms with van der Waals surface area (Å²) in [4.78, 5) is 15.2. The van der Waals surface area contributed by atoms with E-state index in [9.17, 15) is 9.18 Å². The predicted molar refractivity (Wildman–Crippen MR) is 85.3 cm³/mol. The van der Waals surface area contributed by atoms with E-state index in [1.807, 2.05) is 6.92 Å². The maximum Gasteiger partial charge on any atom is 0.268 e. The smallest absolute Gasteiger partial charge is 0.268 e. The van der Waals surface area contributed by atoms with Crippen LogP contribution < -0.4 is 5.32 Å². The number of rotatable bonds is 3. The molecule has 2 N–H and O–H groups in total. The van der Waals surface area contributed by atoms with Gasteiger partial charge < -0.3 is 10.3 Å². The molecule has 0 aliphatic rings. The summed E-state index contributed by atoms with van der Waals surface area (Å²) in [5.41, 5.74) is 2.35. The Kier molecular flexibility index (Phi) is 3.82. The number of nitrogens with zero attached hydrogens (tertiary/aromatic N) is 1. The second-order valence-electron chi connectivity index (χ2n) is 5.31. The monoisotopic (exact) mass is 307 g/mol. The lowest BCUT2D eigenvalue weighted by Gasteiger charge is -2.13. The van der Waals surface area contributed by atoms with Crippen LogP contribution in [0.2, 0.25) is 0 Å². The molecular formula is C18H14FN3O. The second-order valence-corrected chi connectivity index (χ2v) is 5.31. The Bertz CT molecular complexity index is 906. The Morgan fingerprint density at radius 1 is 1.26 bits per heavy atom. The van der Waals surface area contributed by atoms with Crippen LogP contribution in [0.25, 0.3) is 10.9 Å². The lowest BCUT2D eigenvalue weighted by atomic mass is 10.1. The average Bonchev–Trinajstić information content (AvgIpc) is 3.00. The summed E-state index contributed by atoms with van der Waals surface area (Å²) in [7, 11) is 0. The van der Waals surface area contributed by atoms with E-state index < -0.39 is 0 Å². The Morgan fingerprint density at radius 3 is 2.65 bits per heavy atom. The van der Waals surface area contributed by atoms with E-state index in [4.69, 9.17) is 5.26 Å². The number of fused-ring (bicyclic) bond motifs is 1. The molecule has 0 saturated carbocycles. The summed E-state index contributed by atoms with van der Waals surface area (Å²) in [6, 6.07) is 15.0. The van der Waals surface area contributed by atoms with Crippen molar-refractivity contribution in [2.75, 3.05) is 0 Å². The van der Waals surface area contributed by atoms with E-state index in [2.05, 4.69) is 16.4 Å². The zero-order valence-corrected chi connectivity index (χ0v) is 12.4. The van der Waals surface area contributed by atoms with Crippen LogP contribution in [0.4, 0.5) is 4.39 Å². The van der Waals surface area contributed by atoms with Gasteiger partial charge in [-0.2, -0.15) is 5.26 Å². The van der Waals surface area contributed by atoms with Crippen molar-refractivity contribution in [3.8, 4) is 6.07 Å². The Labute approximate surface area is 132 Å². The number of nitriles is 1. The molecule has 1 aromatic heterocycles. The van der Waals surface area contributed by atoms with E-state index in [1.54, 1.807) is 36.4 Å². The first-order valence-electron chi connectivity index (χ1n) is 7.16. The number of H-pyrrole nitrogens is 1. The normalized spacial score (nSPS) is 11.9. The number of benzene rings is 2. The maximum absolute atomic E-state index is 13.7. The number of carbonyl (C=O) groups is 1. The number of carbonyl (C=O) groups excluding carboxylic acids is 1. The highest BCUT2D eigenvalue weighted by molar-refractivity contribution is 5.98. The zero-order valence-electron chi connectivity index (χ0n) is 12.4. The van der Waals surface area contributed by atoms with Crippen molar-refractivity contribution in [2.45, 2.75) is 13.0 Å². The van der Waals surface area contributed by atoms with E-state index in [0.717, 1.165) is 5.56 Å². The molecule has 1 heterocycles. The number of aromatic amines is 1. The van der Waals surface area contributed by atoms with Crippen LogP contribution in [0, 0.1) is 17.1 Å². The van der Waals surface area contributed by atoms with Gasteiger partial charge in [-0.25, -0.2) is 4.39 Å². The quantitative estimate of drug-likeness (QED) is 0.775. The molecule has 114 valence electrons. The maximum atomic E-state index is 13.7. The number of hydrogen-bond donors (Lipinski definition) is 2. The van der Waals surface area contributed by atoms with Crippen LogP contribution in [0.1, 0.15) is 34.6 Å². The van der Waals surface area contributed by atoms with Crippen molar-refractivity contribution in [2.24, 2.45) is 0 Å². The van der Waals surface area contributed by atoms with E-state index in [0.29, 0.717) is 22.2 Å². The predicted octanol–water partition coefficient (Wildman–Crippen LogP) is 3.67. The molecular weight excluding hydrogens is 293 g/mol. The zero-order chi connectivity index (χ0) is 16.4. The molecule has 0 spiro atoms. The molecule has 4 nitrogen and oxygen atoms in total. The molecule has 3 aromatic rings. The third-order valence-corrected chi connectivity index (χ3v) is 3.74. The molecule has 0 aliphatic heterocycles. The van der Waals surface area contributed by atoms with Crippen molar-refractivity contribution >= 4 is 16.8 Å². The van der Waals surface area contributed by atoms with Gasteiger partial charge >= 0.3 is 0 Å². The van der Waals surface area contributed by atoms with Crippen LogP contribution in [0.15, 0.2) is 48.5 Å². The van der Waals surface area contributed by atoms with Gasteiger partial charge in [0.05, 0.1) is 17.7 Å². The SMILES string of the molecule is CC(NC(=O)c1cc2c(F)cccc2[nH]1)c1ccc(C#N)cc1. The largest absolute Gasteiger partial charge is 0.350 e. The first kappa shape index (κ1) is 14.8. The van der Waals surface area contributed by atoms with Gasteiger partial charge in [0.15, 0.2) is 0 Å². The van der Waals surface area contributed by atoms with Gasteiger partial charge in [0.1, 0.15) is 11.5 Å². The van der Waals surface area contributed by atoms with Crippen molar-refractivity contribution in [3.63, 3.8) is 0 Å². The highest BCUT2D eigenvalue weighted by atomic mass is 19.1. The average molecular weight is 307 g/mol. The minimum absolute atomic E-state index is 0.230. The van der Waals surface area contributed by atoms with E-state index in [1.165, 1.54) is 12.1 Å². The van der Waals surface area contributed by atoms with Gasteiger partial charge in [0.25, 0.3) is 5.91 Å². The van der Waals surface area contributed by atoms with Crippen LogP contribution in [-0.4, -0.2) is 10.9 Å². The number of halogens is 1. The van der Waals surface area contributed by atoms with Crippen LogP contribution in [-0.2, 0) is 0 Å². The van der Waals surface area contributed by atoms with Gasteiger partial charge in [-0.3, -0.25) is 4.79 Å². The molecule has 0 bridgehead atoms. The molecule has 23 heavy (non-hydrogen) atoms. The lowest BCUT2D eigenvalue weighted by Crippen LogP contribution is -2.26. The highest BCUT2D eigenvalue weighted by Crippen LogP contribution is 2.19. The van der Waals surface area contributed by atoms with Crippen molar-refractivity contribution in [1.29, 1.82) is 5.26 Å². The third kappa shape index (κ3) is 2.92. The third-order valence-electron chi connectivity index (χ3n) is 3.74.